The second-order valence-electron chi connectivity index (χ2n) is 2.19. The van der Waals surface area contributed by atoms with Gasteiger partial charge in [-0.1, -0.05) is 19.8 Å². The number of unbranched alkanes of at least 4 members (excludes halogenated alkanes) is 2. The van der Waals surface area contributed by atoms with Crippen molar-refractivity contribution in [1.29, 1.82) is 0 Å². The van der Waals surface area contributed by atoms with E-state index < -0.39 is 6.23 Å². The van der Waals surface area contributed by atoms with Crippen molar-refractivity contribution in [2.45, 2.75) is 39.3 Å². The maximum absolute atomic E-state index is 8.71. The summed E-state index contributed by atoms with van der Waals surface area (Å²) in [6, 6.07) is 0. The lowest BCUT2D eigenvalue weighted by Gasteiger charge is -2.04. The van der Waals surface area contributed by atoms with Crippen molar-refractivity contribution in [3.05, 3.63) is 6.54 Å². The van der Waals surface area contributed by atoms with Gasteiger partial charge in [0.1, 0.15) is 6.23 Å². The summed E-state index contributed by atoms with van der Waals surface area (Å²) in [6.45, 7) is 5.77. The summed E-state index contributed by atoms with van der Waals surface area (Å²) in [5.41, 5.74) is 0. The summed E-state index contributed by atoms with van der Waals surface area (Å²) < 4.78 is 0. The van der Waals surface area contributed by atoms with Crippen LogP contribution in [-0.4, -0.2) is 11.3 Å². The Kier molecular flexibility index (Phi) is 5.99. The molecule has 0 saturated carbocycles. The molecule has 0 heterocycles. The Morgan fingerprint density at radius 2 is 2.33 bits per heavy atom. The Hall–Kier alpha value is -0.0800. The van der Waals surface area contributed by atoms with Gasteiger partial charge in [0.15, 0.2) is 0 Å². The van der Waals surface area contributed by atoms with E-state index in [0.29, 0.717) is 0 Å². The van der Waals surface area contributed by atoms with E-state index in [2.05, 4.69) is 12.2 Å². The molecule has 1 atom stereocenters. The summed E-state index contributed by atoms with van der Waals surface area (Å²) in [6.07, 6.45) is 3.04. The van der Waals surface area contributed by atoms with E-state index in [1.165, 1.54) is 12.8 Å². The molecule has 0 bridgehead atoms. The lowest BCUT2D eigenvalue weighted by atomic mass is 10.2. The fourth-order valence-electron chi connectivity index (χ4n) is 0.560. The minimum Gasteiger partial charge on any atom is -0.379 e. The number of hydrogen-bond donors (Lipinski definition) is 2. The highest BCUT2D eigenvalue weighted by Gasteiger charge is 1.91. The van der Waals surface area contributed by atoms with Crippen molar-refractivity contribution >= 4 is 0 Å². The number of aliphatic hydroxyl groups excluding tert-OH is 1. The summed E-state index contributed by atoms with van der Waals surface area (Å²) in [5, 5.41) is 11.5. The van der Waals surface area contributed by atoms with Gasteiger partial charge in [-0.3, -0.25) is 5.32 Å². The molecule has 2 nitrogen and oxygen atoms in total. The van der Waals surface area contributed by atoms with Gasteiger partial charge in [0.05, 0.1) is 0 Å². The van der Waals surface area contributed by atoms with Crippen molar-refractivity contribution in [2.24, 2.45) is 0 Å². The van der Waals surface area contributed by atoms with Crippen molar-refractivity contribution in [3.63, 3.8) is 0 Å². The molecule has 55 valence electrons. The Balaban J connectivity index is 2.75. The Bertz CT molecular complexity index is 54.9. The monoisotopic (exact) mass is 130 g/mol. The number of hydrogen-bond acceptors (Lipinski definition) is 2. The van der Waals surface area contributed by atoms with E-state index in [1.54, 1.807) is 6.92 Å². The molecule has 2 N–H and O–H groups in total. The molecule has 2 heteroatoms. The Morgan fingerprint density at radius 1 is 1.67 bits per heavy atom. The highest BCUT2D eigenvalue weighted by atomic mass is 16.3. The van der Waals surface area contributed by atoms with Crippen molar-refractivity contribution in [2.75, 3.05) is 0 Å². The van der Waals surface area contributed by atoms with Crippen LogP contribution < -0.4 is 5.32 Å². The number of aliphatic hydroxyl groups is 1. The molecule has 0 fully saturated rings. The first-order valence-corrected chi connectivity index (χ1v) is 3.53. The fourth-order valence-corrected chi connectivity index (χ4v) is 0.560. The molecule has 0 aromatic carbocycles. The lowest BCUT2D eigenvalue weighted by Crippen LogP contribution is -2.22. The SMILES string of the molecule is CCCC[CH]NC(C)O. The summed E-state index contributed by atoms with van der Waals surface area (Å²) in [5.74, 6) is 0. The van der Waals surface area contributed by atoms with Gasteiger partial charge < -0.3 is 5.11 Å². The normalized spacial score (nSPS) is 13.7. The van der Waals surface area contributed by atoms with Gasteiger partial charge in [-0.05, 0) is 13.3 Å². The maximum Gasteiger partial charge on any atom is 0.102 e. The second kappa shape index (κ2) is 6.05. The quantitative estimate of drug-likeness (QED) is 0.434. The van der Waals surface area contributed by atoms with Gasteiger partial charge >= 0.3 is 0 Å². The average Bonchev–Trinajstić information content (AvgIpc) is 1.80. The van der Waals surface area contributed by atoms with E-state index in [-0.39, 0.29) is 0 Å². The van der Waals surface area contributed by atoms with Gasteiger partial charge in [-0.2, -0.15) is 0 Å². The molecular formula is C7H16NO. The predicted molar refractivity (Wildman–Crippen MR) is 38.6 cm³/mol. The fraction of sp³-hybridized carbons (Fsp3) is 0.857. The van der Waals surface area contributed by atoms with Crippen LogP contribution in [0.4, 0.5) is 0 Å². The highest BCUT2D eigenvalue weighted by Crippen LogP contribution is 1.94. The summed E-state index contributed by atoms with van der Waals surface area (Å²) >= 11 is 0. The zero-order valence-corrected chi connectivity index (χ0v) is 6.22. The third-order valence-corrected chi connectivity index (χ3v) is 1.06. The molecule has 0 aliphatic rings. The molecule has 0 amide bonds. The van der Waals surface area contributed by atoms with Crippen LogP contribution in [0.2, 0.25) is 0 Å². The van der Waals surface area contributed by atoms with E-state index in [1.807, 2.05) is 6.54 Å². The van der Waals surface area contributed by atoms with Crippen molar-refractivity contribution in [1.82, 2.24) is 5.32 Å². The molecule has 0 aromatic heterocycles. The van der Waals surface area contributed by atoms with E-state index >= 15 is 0 Å². The smallest absolute Gasteiger partial charge is 0.102 e. The maximum atomic E-state index is 8.71. The van der Waals surface area contributed by atoms with Gasteiger partial charge in [-0.15, -0.1) is 0 Å². The molecule has 0 saturated heterocycles. The number of rotatable bonds is 5. The van der Waals surface area contributed by atoms with E-state index in [0.717, 1.165) is 6.42 Å². The van der Waals surface area contributed by atoms with Crippen molar-refractivity contribution in [3.8, 4) is 0 Å². The first-order chi connectivity index (χ1) is 4.27. The molecular weight excluding hydrogens is 114 g/mol. The van der Waals surface area contributed by atoms with Crippen LogP contribution in [0.15, 0.2) is 0 Å². The number of nitrogens with one attached hydrogen (secondary N) is 1. The van der Waals surface area contributed by atoms with Crippen LogP contribution >= 0.6 is 0 Å². The van der Waals surface area contributed by atoms with Crippen LogP contribution in [0.5, 0.6) is 0 Å². The zero-order valence-electron chi connectivity index (χ0n) is 6.22. The second-order valence-corrected chi connectivity index (χ2v) is 2.19. The molecule has 1 unspecified atom stereocenters. The first-order valence-electron chi connectivity index (χ1n) is 3.53. The third kappa shape index (κ3) is 7.92. The minimum absolute atomic E-state index is 0.401. The average molecular weight is 130 g/mol. The molecule has 1 radical (unpaired) electrons. The van der Waals surface area contributed by atoms with E-state index in [9.17, 15) is 0 Å². The van der Waals surface area contributed by atoms with Crippen LogP contribution in [0.1, 0.15) is 33.1 Å². The van der Waals surface area contributed by atoms with E-state index in [4.69, 9.17) is 5.11 Å². The molecule has 0 aliphatic heterocycles. The third-order valence-electron chi connectivity index (χ3n) is 1.06. The summed E-state index contributed by atoms with van der Waals surface area (Å²) in [7, 11) is 0. The molecule has 0 aromatic rings. The largest absolute Gasteiger partial charge is 0.379 e. The molecule has 0 aliphatic carbocycles. The molecule has 0 spiro atoms. The topological polar surface area (TPSA) is 32.3 Å². The lowest BCUT2D eigenvalue weighted by molar-refractivity contribution is 0.166. The van der Waals surface area contributed by atoms with Crippen LogP contribution in [0.25, 0.3) is 0 Å². The first kappa shape index (κ1) is 8.92. The Labute approximate surface area is 57.3 Å². The predicted octanol–water partition coefficient (Wildman–Crippen LogP) is 1.27. The van der Waals surface area contributed by atoms with Gasteiger partial charge in [0.25, 0.3) is 0 Å². The standard InChI is InChI=1S/C7H16NO/c1-3-4-5-6-8-7(2)9/h6-9H,3-5H2,1-2H3. The molecule has 0 rings (SSSR count). The van der Waals surface area contributed by atoms with Crippen LogP contribution in [0.3, 0.4) is 0 Å². The zero-order chi connectivity index (χ0) is 7.11. The van der Waals surface area contributed by atoms with Crippen LogP contribution in [-0.2, 0) is 0 Å². The molecule has 9 heavy (non-hydrogen) atoms. The van der Waals surface area contributed by atoms with Crippen LogP contribution in [0, 0.1) is 6.54 Å². The summed E-state index contributed by atoms with van der Waals surface area (Å²) in [4.78, 5) is 0. The van der Waals surface area contributed by atoms with Gasteiger partial charge in [0.2, 0.25) is 0 Å². The Morgan fingerprint density at radius 3 is 2.78 bits per heavy atom. The highest BCUT2D eigenvalue weighted by molar-refractivity contribution is 4.60. The van der Waals surface area contributed by atoms with Gasteiger partial charge in [-0.25, -0.2) is 0 Å². The minimum atomic E-state index is -0.401. The van der Waals surface area contributed by atoms with Gasteiger partial charge in [0, 0.05) is 6.54 Å². The van der Waals surface area contributed by atoms with Crippen molar-refractivity contribution < 1.29 is 5.11 Å².